The minimum absolute atomic E-state index is 0. The molecule has 1 rings (SSSR count). The summed E-state index contributed by atoms with van der Waals surface area (Å²) in [5.74, 6) is -0.401. The van der Waals surface area contributed by atoms with Crippen LogP contribution in [0.1, 0.15) is 17.8 Å². The largest absolute Gasteiger partial charge is 0.465 e. The van der Waals surface area contributed by atoms with Crippen LogP contribution in [0.3, 0.4) is 0 Å². The van der Waals surface area contributed by atoms with Crippen molar-refractivity contribution in [1.82, 2.24) is 4.37 Å². The molecule has 0 spiro atoms. The van der Waals surface area contributed by atoms with Gasteiger partial charge in [0.1, 0.15) is 6.04 Å². The summed E-state index contributed by atoms with van der Waals surface area (Å²) in [6.45, 7) is 2.10. The van der Waals surface area contributed by atoms with Gasteiger partial charge in [0.05, 0.1) is 11.5 Å². The van der Waals surface area contributed by atoms with Crippen molar-refractivity contribution in [3.63, 3.8) is 0 Å². The summed E-state index contributed by atoms with van der Waals surface area (Å²) < 4.78 is 8.58. The fourth-order valence-electron chi connectivity index (χ4n) is 0.734. The van der Waals surface area contributed by atoms with Gasteiger partial charge in [-0.3, -0.25) is 0 Å². The normalized spacial score (nSPS) is 11.5. The van der Waals surface area contributed by atoms with E-state index in [9.17, 15) is 4.79 Å². The fraction of sp³-hybridized carbons (Fsp3) is 0.429. The van der Waals surface area contributed by atoms with Crippen LogP contribution in [-0.2, 0) is 9.53 Å². The molecule has 1 aromatic heterocycles. The van der Waals surface area contributed by atoms with Gasteiger partial charge in [-0.05, 0) is 24.5 Å². The summed E-state index contributed by atoms with van der Waals surface area (Å²) in [7, 11) is 0. The monoisotopic (exact) mass is 222 g/mol. The summed E-state index contributed by atoms with van der Waals surface area (Å²) in [5.41, 5.74) is 5.56. The van der Waals surface area contributed by atoms with Crippen LogP contribution < -0.4 is 5.73 Å². The third kappa shape index (κ3) is 3.30. The number of ether oxygens (including phenoxy) is 1. The number of halogens is 1. The molecule has 1 aromatic rings. The number of rotatable bonds is 3. The molecule has 0 aliphatic rings. The van der Waals surface area contributed by atoms with Gasteiger partial charge in [0.25, 0.3) is 0 Å². The molecule has 1 unspecified atom stereocenters. The van der Waals surface area contributed by atoms with Gasteiger partial charge >= 0.3 is 5.97 Å². The van der Waals surface area contributed by atoms with Gasteiger partial charge < -0.3 is 10.5 Å². The smallest absolute Gasteiger partial charge is 0.328 e. The summed E-state index contributed by atoms with van der Waals surface area (Å²) in [4.78, 5) is 11.8. The topological polar surface area (TPSA) is 65.2 Å². The van der Waals surface area contributed by atoms with E-state index in [1.807, 2.05) is 0 Å². The predicted molar refractivity (Wildman–Crippen MR) is 52.9 cm³/mol. The lowest BCUT2D eigenvalue weighted by atomic mass is 10.3. The van der Waals surface area contributed by atoms with Crippen LogP contribution in [-0.4, -0.2) is 16.9 Å². The molecule has 4 nitrogen and oxygen atoms in total. The summed E-state index contributed by atoms with van der Waals surface area (Å²) >= 11 is 1.21. The first-order valence-corrected chi connectivity index (χ1v) is 4.36. The highest BCUT2D eigenvalue weighted by atomic mass is 35.5. The highest BCUT2D eigenvalue weighted by molar-refractivity contribution is 7.05. The number of carbonyl (C=O) groups excluding carboxylic acids is 1. The molecule has 74 valence electrons. The maximum atomic E-state index is 11.1. The molecule has 0 aliphatic heterocycles. The van der Waals surface area contributed by atoms with Crippen LogP contribution in [0, 0.1) is 0 Å². The van der Waals surface area contributed by atoms with E-state index in [1.54, 1.807) is 19.2 Å². The molecule has 1 atom stereocenters. The van der Waals surface area contributed by atoms with E-state index < -0.39 is 12.0 Å². The average Bonchev–Trinajstić information content (AvgIpc) is 2.55. The lowest BCUT2D eigenvalue weighted by molar-refractivity contribution is -0.144. The van der Waals surface area contributed by atoms with Gasteiger partial charge in [0.2, 0.25) is 0 Å². The van der Waals surface area contributed by atoms with Gasteiger partial charge in [-0.15, -0.1) is 12.4 Å². The van der Waals surface area contributed by atoms with Gasteiger partial charge in [0, 0.05) is 6.20 Å². The zero-order valence-electron chi connectivity index (χ0n) is 7.10. The van der Waals surface area contributed by atoms with Crippen LogP contribution in [0.15, 0.2) is 12.3 Å². The predicted octanol–water partition coefficient (Wildman–Crippen LogP) is 1.13. The van der Waals surface area contributed by atoms with E-state index in [0.717, 1.165) is 4.88 Å². The standard InChI is InChI=1S/C7H10N2O2S.ClH/c1-2-11-7(10)6(8)5-3-4-9-12-5;/h3-4,6H,2,8H2,1H3;1H. The SMILES string of the molecule is CCOC(=O)C(N)c1ccns1.Cl. The minimum Gasteiger partial charge on any atom is -0.465 e. The van der Waals surface area contributed by atoms with Crippen LogP contribution in [0.2, 0.25) is 0 Å². The van der Waals surface area contributed by atoms with E-state index >= 15 is 0 Å². The highest BCUT2D eigenvalue weighted by Gasteiger charge is 2.17. The number of nitrogens with zero attached hydrogens (tertiary/aromatic N) is 1. The molecular formula is C7H11ClN2O2S. The molecular weight excluding hydrogens is 212 g/mol. The Balaban J connectivity index is 0.00000144. The summed E-state index contributed by atoms with van der Waals surface area (Å²) in [6.07, 6.45) is 1.61. The molecule has 0 saturated heterocycles. The second-order valence-electron chi connectivity index (χ2n) is 2.14. The first kappa shape index (κ1) is 12.3. The van der Waals surface area contributed by atoms with Gasteiger partial charge in [-0.25, -0.2) is 9.17 Å². The average molecular weight is 223 g/mol. The summed E-state index contributed by atoms with van der Waals surface area (Å²) in [6, 6.07) is 1.03. The van der Waals surface area contributed by atoms with Crippen molar-refractivity contribution in [1.29, 1.82) is 0 Å². The van der Waals surface area contributed by atoms with Crippen molar-refractivity contribution in [3.05, 3.63) is 17.1 Å². The maximum absolute atomic E-state index is 11.1. The number of hydrogen-bond donors (Lipinski definition) is 1. The van der Waals surface area contributed by atoms with E-state index in [2.05, 4.69) is 4.37 Å². The number of aromatic nitrogens is 1. The van der Waals surface area contributed by atoms with Gasteiger partial charge in [-0.1, -0.05) is 0 Å². The van der Waals surface area contributed by atoms with Crippen LogP contribution in [0.4, 0.5) is 0 Å². The number of esters is 1. The molecule has 0 bridgehead atoms. The zero-order valence-corrected chi connectivity index (χ0v) is 8.73. The Kier molecular flexibility index (Phi) is 5.61. The van der Waals surface area contributed by atoms with Gasteiger partial charge in [-0.2, -0.15) is 0 Å². The highest BCUT2D eigenvalue weighted by Crippen LogP contribution is 2.14. The second-order valence-corrected chi connectivity index (χ2v) is 3.01. The number of nitrogens with two attached hydrogens (primary N) is 1. The molecule has 0 radical (unpaired) electrons. The van der Waals surface area contributed by atoms with Crippen molar-refractivity contribution in [2.45, 2.75) is 13.0 Å². The fourth-order valence-corrected chi connectivity index (χ4v) is 1.31. The lowest BCUT2D eigenvalue weighted by Crippen LogP contribution is -2.22. The molecule has 2 N–H and O–H groups in total. The lowest BCUT2D eigenvalue weighted by Gasteiger charge is -2.06. The van der Waals surface area contributed by atoms with Crippen molar-refractivity contribution in [2.24, 2.45) is 5.73 Å². The zero-order chi connectivity index (χ0) is 8.97. The Bertz CT molecular complexity index is 253. The third-order valence-electron chi connectivity index (χ3n) is 1.30. The second kappa shape index (κ2) is 5.90. The Labute approximate surface area is 86.7 Å². The number of hydrogen-bond acceptors (Lipinski definition) is 5. The van der Waals surface area contributed by atoms with E-state index in [1.165, 1.54) is 11.5 Å². The molecule has 0 amide bonds. The van der Waals surface area contributed by atoms with E-state index in [0.29, 0.717) is 6.61 Å². The van der Waals surface area contributed by atoms with Crippen LogP contribution >= 0.6 is 23.9 Å². The Morgan fingerprint density at radius 2 is 2.54 bits per heavy atom. The van der Waals surface area contributed by atoms with Crippen molar-refractivity contribution < 1.29 is 9.53 Å². The quantitative estimate of drug-likeness (QED) is 0.779. The first-order valence-electron chi connectivity index (χ1n) is 3.58. The maximum Gasteiger partial charge on any atom is 0.328 e. The van der Waals surface area contributed by atoms with E-state index in [-0.39, 0.29) is 12.4 Å². The van der Waals surface area contributed by atoms with Crippen LogP contribution in [0.5, 0.6) is 0 Å². The first-order chi connectivity index (χ1) is 5.75. The molecule has 1 heterocycles. The Morgan fingerprint density at radius 3 is 3.00 bits per heavy atom. The van der Waals surface area contributed by atoms with Gasteiger partial charge in [0.15, 0.2) is 0 Å². The summed E-state index contributed by atoms with van der Waals surface area (Å²) in [5, 5.41) is 0. The van der Waals surface area contributed by atoms with Crippen molar-refractivity contribution >= 4 is 29.9 Å². The third-order valence-corrected chi connectivity index (χ3v) is 2.13. The molecule has 0 aliphatic carbocycles. The van der Waals surface area contributed by atoms with Crippen LogP contribution in [0.25, 0.3) is 0 Å². The molecule has 0 saturated carbocycles. The number of carbonyl (C=O) groups is 1. The Hall–Kier alpha value is -0.650. The van der Waals surface area contributed by atoms with E-state index in [4.69, 9.17) is 10.5 Å². The molecule has 13 heavy (non-hydrogen) atoms. The Morgan fingerprint density at radius 1 is 1.85 bits per heavy atom. The molecule has 0 fully saturated rings. The minimum atomic E-state index is -0.683. The van der Waals surface area contributed by atoms with Crippen molar-refractivity contribution in [3.8, 4) is 0 Å². The molecule has 0 aromatic carbocycles. The van der Waals surface area contributed by atoms with Crippen molar-refractivity contribution in [2.75, 3.05) is 6.61 Å². The molecule has 6 heteroatoms.